The molecule has 1 aromatic rings. The Morgan fingerprint density at radius 2 is 1.90 bits per heavy atom. The molecular weight excluding hydrogens is 264 g/mol. The van der Waals surface area contributed by atoms with Gasteiger partial charge in [0.2, 0.25) is 0 Å². The van der Waals surface area contributed by atoms with Crippen molar-refractivity contribution in [3.63, 3.8) is 0 Å². The number of hydrogen-bond acceptors (Lipinski definition) is 5. The summed E-state index contributed by atoms with van der Waals surface area (Å²) in [7, 11) is 0. The number of ether oxygens (including phenoxy) is 1. The van der Waals surface area contributed by atoms with Crippen molar-refractivity contribution in [3.05, 3.63) is 11.4 Å². The maximum absolute atomic E-state index is 5.44. The van der Waals surface area contributed by atoms with Crippen LogP contribution in [0.1, 0.15) is 49.9 Å². The first-order valence-electron chi connectivity index (χ1n) is 8.22. The first kappa shape index (κ1) is 14.6. The molecule has 5 nitrogen and oxygen atoms in total. The lowest BCUT2D eigenvalue weighted by Gasteiger charge is -2.16. The van der Waals surface area contributed by atoms with Crippen LogP contribution in [0.3, 0.4) is 0 Å². The zero-order chi connectivity index (χ0) is 14.7. The lowest BCUT2D eigenvalue weighted by atomic mass is 10.1. The monoisotopic (exact) mass is 290 g/mol. The van der Waals surface area contributed by atoms with Gasteiger partial charge in [0, 0.05) is 37.1 Å². The van der Waals surface area contributed by atoms with E-state index in [0.717, 1.165) is 62.2 Å². The lowest BCUT2D eigenvalue weighted by Crippen LogP contribution is -2.17. The van der Waals surface area contributed by atoms with Gasteiger partial charge in [-0.25, -0.2) is 9.97 Å². The summed E-state index contributed by atoms with van der Waals surface area (Å²) in [5.74, 6) is 4.18. The fourth-order valence-electron chi connectivity index (χ4n) is 2.63. The van der Waals surface area contributed by atoms with Crippen LogP contribution in [0, 0.1) is 12.8 Å². The first-order valence-corrected chi connectivity index (χ1v) is 8.22. The van der Waals surface area contributed by atoms with E-state index in [2.05, 4.69) is 24.5 Å². The van der Waals surface area contributed by atoms with Gasteiger partial charge in [0.1, 0.15) is 17.5 Å². The minimum Gasteiger partial charge on any atom is -0.381 e. The Morgan fingerprint density at radius 1 is 1.14 bits per heavy atom. The SMILES string of the molecule is CCCNc1nc(C2CC2)nc(NCC2CCOC2)c1C. The predicted molar refractivity (Wildman–Crippen MR) is 84.9 cm³/mol. The molecule has 2 aliphatic rings. The number of rotatable bonds is 7. The van der Waals surface area contributed by atoms with Gasteiger partial charge in [-0.05, 0) is 32.6 Å². The van der Waals surface area contributed by atoms with Crippen molar-refractivity contribution in [1.29, 1.82) is 0 Å². The second-order valence-corrected chi connectivity index (χ2v) is 6.22. The van der Waals surface area contributed by atoms with E-state index in [1.54, 1.807) is 0 Å². The van der Waals surface area contributed by atoms with Crippen LogP contribution in [0.15, 0.2) is 0 Å². The zero-order valence-electron chi connectivity index (χ0n) is 13.1. The van der Waals surface area contributed by atoms with Crippen LogP contribution < -0.4 is 10.6 Å². The molecule has 2 N–H and O–H groups in total. The van der Waals surface area contributed by atoms with Crippen LogP contribution in [0.4, 0.5) is 11.6 Å². The summed E-state index contributed by atoms with van der Waals surface area (Å²) < 4.78 is 5.44. The van der Waals surface area contributed by atoms with E-state index in [-0.39, 0.29) is 0 Å². The highest BCUT2D eigenvalue weighted by Crippen LogP contribution is 2.39. The Hall–Kier alpha value is -1.36. The Kier molecular flexibility index (Phi) is 4.58. The Bertz CT molecular complexity index is 481. The second kappa shape index (κ2) is 6.60. The smallest absolute Gasteiger partial charge is 0.136 e. The Balaban J connectivity index is 1.74. The highest BCUT2D eigenvalue weighted by atomic mass is 16.5. The zero-order valence-corrected chi connectivity index (χ0v) is 13.1. The van der Waals surface area contributed by atoms with Crippen molar-refractivity contribution < 1.29 is 4.74 Å². The van der Waals surface area contributed by atoms with Gasteiger partial charge >= 0.3 is 0 Å². The molecule has 1 unspecified atom stereocenters. The van der Waals surface area contributed by atoms with Crippen LogP contribution in [-0.4, -0.2) is 36.3 Å². The minimum atomic E-state index is 0.572. The number of nitrogens with one attached hydrogen (secondary N) is 2. The van der Waals surface area contributed by atoms with Gasteiger partial charge in [0.05, 0.1) is 6.61 Å². The van der Waals surface area contributed by atoms with Crippen molar-refractivity contribution >= 4 is 11.6 Å². The van der Waals surface area contributed by atoms with Crippen LogP contribution in [0.2, 0.25) is 0 Å². The topological polar surface area (TPSA) is 59.1 Å². The highest BCUT2D eigenvalue weighted by molar-refractivity contribution is 5.57. The van der Waals surface area contributed by atoms with Gasteiger partial charge in [0.25, 0.3) is 0 Å². The van der Waals surface area contributed by atoms with Gasteiger partial charge < -0.3 is 15.4 Å². The average molecular weight is 290 g/mol. The number of hydrogen-bond donors (Lipinski definition) is 2. The molecule has 2 heterocycles. The molecule has 0 aromatic carbocycles. The molecule has 2 fully saturated rings. The summed E-state index contributed by atoms with van der Waals surface area (Å²) in [5, 5.41) is 6.96. The summed E-state index contributed by atoms with van der Waals surface area (Å²) in [4.78, 5) is 9.49. The van der Waals surface area contributed by atoms with Crippen LogP contribution in [0.5, 0.6) is 0 Å². The van der Waals surface area contributed by atoms with Crippen molar-refractivity contribution in [2.24, 2.45) is 5.92 Å². The van der Waals surface area contributed by atoms with E-state index in [1.165, 1.54) is 12.8 Å². The minimum absolute atomic E-state index is 0.572. The molecule has 0 amide bonds. The number of aromatic nitrogens is 2. The van der Waals surface area contributed by atoms with Crippen LogP contribution >= 0.6 is 0 Å². The van der Waals surface area contributed by atoms with E-state index >= 15 is 0 Å². The third-order valence-corrected chi connectivity index (χ3v) is 4.23. The molecule has 3 rings (SSSR count). The molecule has 0 radical (unpaired) electrons. The normalized spacial score (nSPS) is 21.5. The van der Waals surface area contributed by atoms with Gasteiger partial charge in [-0.3, -0.25) is 0 Å². The molecule has 1 atom stereocenters. The summed E-state index contributed by atoms with van der Waals surface area (Å²) in [6, 6.07) is 0. The van der Waals surface area contributed by atoms with E-state index in [4.69, 9.17) is 14.7 Å². The van der Waals surface area contributed by atoms with E-state index in [0.29, 0.717) is 11.8 Å². The molecule has 1 saturated heterocycles. The van der Waals surface area contributed by atoms with E-state index in [1.807, 2.05) is 0 Å². The standard InChI is InChI=1S/C16H26N4O/c1-3-7-17-14-11(2)15(18-9-12-6-8-21-10-12)20-16(19-14)13-4-5-13/h12-13H,3-10H2,1-2H3,(H2,17,18,19,20). The second-order valence-electron chi connectivity index (χ2n) is 6.22. The predicted octanol–water partition coefficient (Wildman–Crippen LogP) is 2.93. The summed E-state index contributed by atoms with van der Waals surface area (Å²) in [5.41, 5.74) is 1.13. The van der Waals surface area contributed by atoms with Gasteiger partial charge in [-0.15, -0.1) is 0 Å². The molecule has 0 bridgehead atoms. The molecule has 1 aliphatic heterocycles. The van der Waals surface area contributed by atoms with Crippen molar-refractivity contribution in [2.45, 2.75) is 45.4 Å². The number of nitrogens with zero attached hydrogens (tertiary/aromatic N) is 2. The molecule has 0 spiro atoms. The lowest BCUT2D eigenvalue weighted by molar-refractivity contribution is 0.187. The fraction of sp³-hybridized carbons (Fsp3) is 0.750. The molecular formula is C16H26N4O. The summed E-state index contributed by atoms with van der Waals surface area (Å²) in [6.07, 6.45) is 4.70. The Morgan fingerprint density at radius 3 is 2.52 bits per heavy atom. The average Bonchev–Trinajstić information content (AvgIpc) is 3.21. The van der Waals surface area contributed by atoms with E-state index < -0.39 is 0 Å². The largest absolute Gasteiger partial charge is 0.381 e. The van der Waals surface area contributed by atoms with Gasteiger partial charge in [-0.2, -0.15) is 0 Å². The van der Waals surface area contributed by atoms with Gasteiger partial charge in [0.15, 0.2) is 0 Å². The summed E-state index contributed by atoms with van der Waals surface area (Å²) >= 11 is 0. The Labute approximate surface area is 126 Å². The molecule has 21 heavy (non-hydrogen) atoms. The quantitative estimate of drug-likeness (QED) is 0.808. The number of anilines is 2. The third kappa shape index (κ3) is 3.64. The highest BCUT2D eigenvalue weighted by Gasteiger charge is 2.28. The molecule has 116 valence electrons. The summed E-state index contributed by atoms with van der Waals surface area (Å²) in [6.45, 7) is 7.93. The van der Waals surface area contributed by atoms with Gasteiger partial charge in [-0.1, -0.05) is 6.92 Å². The maximum Gasteiger partial charge on any atom is 0.136 e. The fourth-order valence-corrected chi connectivity index (χ4v) is 2.63. The van der Waals surface area contributed by atoms with Crippen LogP contribution in [-0.2, 0) is 4.74 Å². The van der Waals surface area contributed by atoms with E-state index in [9.17, 15) is 0 Å². The molecule has 1 aliphatic carbocycles. The van der Waals surface area contributed by atoms with Crippen LogP contribution in [0.25, 0.3) is 0 Å². The molecule has 1 aromatic heterocycles. The maximum atomic E-state index is 5.44. The van der Waals surface area contributed by atoms with Crippen molar-refractivity contribution in [3.8, 4) is 0 Å². The molecule has 5 heteroatoms. The third-order valence-electron chi connectivity index (χ3n) is 4.23. The van der Waals surface area contributed by atoms with Crippen molar-refractivity contribution in [2.75, 3.05) is 36.9 Å². The molecule has 1 saturated carbocycles. The van der Waals surface area contributed by atoms with Crippen molar-refractivity contribution in [1.82, 2.24) is 9.97 Å². The first-order chi connectivity index (χ1) is 10.3.